The van der Waals surface area contributed by atoms with Gasteiger partial charge in [0.15, 0.2) is 0 Å². The topological polar surface area (TPSA) is 29.0 Å². The Morgan fingerprint density at radius 3 is 3.17 bits per heavy atom. The van der Waals surface area contributed by atoms with E-state index in [1.807, 2.05) is 6.20 Å². The maximum Gasteiger partial charge on any atom is 0.115 e. The Morgan fingerprint density at radius 2 is 2.39 bits per heavy atom. The third kappa shape index (κ3) is 2.76. The molecule has 0 N–H and O–H groups in total. The molecule has 18 heavy (non-hydrogen) atoms. The third-order valence-corrected chi connectivity index (χ3v) is 4.25. The van der Waals surface area contributed by atoms with Crippen molar-refractivity contribution in [3.05, 3.63) is 46.7 Å². The highest BCUT2D eigenvalue weighted by Gasteiger charge is 2.22. The van der Waals surface area contributed by atoms with Crippen LogP contribution in [0.1, 0.15) is 30.0 Å². The van der Waals surface area contributed by atoms with Gasteiger partial charge in [-0.2, -0.15) is 11.3 Å². The summed E-state index contributed by atoms with van der Waals surface area (Å²) >= 11 is 1.78. The van der Waals surface area contributed by atoms with Gasteiger partial charge in [-0.25, -0.2) is 9.97 Å². The molecule has 3 rings (SSSR count). The van der Waals surface area contributed by atoms with Crippen LogP contribution >= 0.6 is 11.3 Å². The van der Waals surface area contributed by atoms with Gasteiger partial charge in [0.2, 0.25) is 0 Å². The predicted molar refractivity (Wildman–Crippen MR) is 73.6 cm³/mol. The molecule has 2 aromatic heterocycles. The molecule has 94 valence electrons. The first-order valence-corrected chi connectivity index (χ1v) is 7.35. The summed E-state index contributed by atoms with van der Waals surface area (Å²) in [4.78, 5) is 10.9. The fraction of sp³-hybridized carbons (Fsp3) is 0.429. The molecule has 0 spiro atoms. The van der Waals surface area contributed by atoms with Crippen LogP contribution in [0.2, 0.25) is 0 Å². The molecule has 0 bridgehead atoms. The molecule has 1 aliphatic heterocycles. The minimum absolute atomic E-state index is 0.570. The standard InChI is InChI=1S/C14H17N3S/c1-2-13(14-3-5-15-11-16-14)9-17(6-1)8-12-4-7-18-10-12/h3-5,7,10-11,13H,1-2,6,8-9H2. The summed E-state index contributed by atoms with van der Waals surface area (Å²) in [6, 6.07) is 4.28. The van der Waals surface area contributed by atoms with E-state index < -0.39 is 0 Å². The second kappa shape index (κ2) is 5.59. The average molecular weight is 259 g/mol. The van der Waals surface area contributed by atoms with E-state index in [1.54, 1.807) is 17.7 Å². The summed E-state index contributed by atoms with van der Waals surface area (Å²) in [5.74, 6) is 0.570. The molecule has 4 heteroatoms. The van der Waals surface area contributed by atoms with Gasteiger partial charge in [-0.1, -0.05) is 0 Å². The van der Waals surface area contributed by atoms with E-state index in [0.717, 1.165) is 13.1 Å². The zero-order valence-electron chi connectivity index (χ0n) is 10.3. The fourth-order valence-electron chi connectivity index (χ4n) is 2.62. The largest absolute Gasteiger partial charge is 0.298 e. The van der Waals surface area contributed by atoms with Crippen molar-refractivity contribution in [3.63, 3.8) is 0 Å². The lowest BCUT2D eigenvalue weighted by molar-refractivity contribution is 0.198. The summed E-state index contributed by atoms with van der Waals surface area (Å²) in [6.07, 6.45) is 6.02. The number of likely N-dealkylation sites (tertiary alicyclic amines) is 1. The molecule has 0 radical (unpaired) electrons. The SMILES string of the molecule is c1cc(C2CCCN(Cc3ccsc3)C2)ncn1. The van der Waals surface area contributed by atoms with Gasteiger partial charge in [0.05, 0.1) is 0 Å². The van der Waals surface area contributed by atoms with E-state index in [0.29, 0.717) is 5.92 Å². The maximum atomic E-state index is 4.40. The van der Waals surface area contributed by atoms with Crippen molar-refractivity contribution in [2.24, 2.45) is 0 Å². The van der Waals surface area contributed by atoms with E-state index in [9.17, 15) is 0 Å². The molecule has 1 saturated heterocycles. The molecule has 1 fully saturated rings. The molecule has 1 unspecified atom stereocenters. The molecule has 1 aliphatic rings. The van der Waals surface area contributed by atoms with Crippen LogP contribution in [0, 0.1) is 0 Å². The number of hydrogen-bond acceptors (Lipinski definition) is 4. The van der Waals surface area contributed by atoms with Gasteiger partial charge in [0.25, 0.3) is 0 Å². The second-order valence-electron chi connectivity index (χ2n) is 4.84. The van der Waals surface area contributed by atoms with Gasteiger partial charge in [0, 0.05) is 30.9 Å². The lowest BCUT2D eigenvalue weighted by Gasteiger charge is -2.32. The summed E-state index contributed by atoms with van der Waals surface area (Å²) in [5.41, 5.74) is 2.63. The predicted octanol–water partition coefficient (Wildman–Crippen LogP) is 2.92. The molecule has 3 heterocycles. The molecular formula is C14H17N3S. The Balaban J connectivity index is 1.65. The van der Waals surface area contributed by atoms with Crippen LogP contribution in [0.15, 0.2) is 35.4 Å². The minimum Gasteiger partial charge on any atom is -0.298 e. The van der Waals surface area contributed by atoms with Gasteiger partial charge in [-0.05, 0) is 47.8 Å². The maximum absolute atomic E-state index is 4.40. The van der Waals surface area contributed by atoms with Crippen molar-refractivity contribution < 1.29 is 0 Å². The van der Waals surface area contributed by atoms with E-state index in [1.165, 1.54) is 30.6 Å². The Kier molecular flexibility index (Phi) is 3.67. The molecule has 2 aromatic rings. The molecular weight excluding hydrogens is 242 g/mol. The Labute approximate surface area is 112 Å². The first-order valence-electron chi connectivity index (χ1n) is 6.41. The van der Waals surface area contributed by atoms with Crippen molar-refractivity contribution in [3.8, 4) is 0 Å². The first-order chi connectivity index (χ1) is 8.92. The number of thiophene rings is 1. The Morgan fingerprint density at radius 1 is 1.39 bits per heavy atom. The third-order valence-electron chi connectivity index (χ3n) is 3.51. The zero-order valence-corrected chi connectivity index (χ0v) is 11.1. The first kappa shape index (κ1) is 11.8. The van der Waals surface area contributed by atoms with Crippen molar-refractivity contribution >= 4 is 11.3 Å². The number of hydrogen-bond donors (Lipinski definition) is 0. The van der Waals surface area contributed by atoms with Crippen LogP contribution in [0.5, 0.6) is 0 Å². The molecule has 0 aromatic carbocycles. The molecule has 1 atom stereocenters. The van der Waals surface area contributed by atoms with Gasteiger partial charge < -0.3 is 0 Å². The minimum atomic E-state index is 0.570. The fourth-order valence-corrected chi connectivity index (χ4v) is 3.28. The van der Waals surface area contributed by atoms with Crippen LogP contribution in [0.4, 0.5) is 0 Å². The lowest BCUT2D eigenvalue weighted by Crippen LogP contribution is -2.34. The summed E-state index contributed by atoms with van der Waals surface area (Å²) < 4.78 is 0. The average Bonchev–Trinajstić information content (AvgIpc) is 2.93. The molecule has 0 aliphatic carbocycles. The van der Waals surface area contributed by atoms with Crippen molar-refractivity contribution in [1.29, 1.82) is 0 Å². The van der Waals surface area contributed by atoms with Crippen LogP contribution < -0.4 is 0 Å². The molecule has 3 nitrogen and oxygen atoms in total. The van der Waals surface area contributed by atoms with E-state index >= 15 is 0 Å². The number of rotatable bonds is 3. The highest BCUT2D eigenvalue weighted by atomic mass is 32.1. The van der Waals surface area contributed by atoms with E-state index in [4.69, 9.17) is 0 Å². The van der Waals surface area contributed by atoms with Gasteiger partial charge >= 0.3 is 0 Å². The summed E-state index contributed by atoms with van der Waals surface area (Å²) in [5, 5.41) is 4.40. The Bertz CT molecular complexity index is 469. The van der Waals surface area contributed by atoms with Crippen LogP contribution in [0.3, 0.4) is 0 Å². The van der Waals surface area contributed by atoms with Crippen molar-refractivity contribution in [1.82, 2.24) is 14.9 Å². The van der Waals surface area contributed by atoms with E-state index in [2.05, 4.69) is 37.8 Å². The van der Waals surface area contributed by atoms with Gasteiger partial charge in [-0.15, -0.1) is 0 Å². The van der Waals surface area contributed by atoms with Crippen LogP contribution in [-0.2, 0) is 6.54 Å². The quantitative estimate of drug-likeness (QED) is 0.848. The molecule has 0 saturated carbocycles. The van der Waals surface area contributed by atoms with Gasteiger partial charge in [-0.3, -0.25) is 4.90 Å². The summed E-state index contributed by atoms with van der Waals surface area (Å²) in [7, 11) is 0. The summed E-state index contributed by atoms with van der Waals surface area (Å²) in [6.45, 7) is 3.40. The molecule has 0 amide bonds. The lowest BCUT2D eigenvalue weighted by atomic mass is 9.94. The van der Waals surface area contributed by atoms with Crippen molar-refractivity contribution in [2.45, 2.75) is 25.3 Å². The Hall–Kier alpha value is -1.26. The van der Waals surface area contributed by atoms with Crippen molar-refractivity contribution in [2.75, 3.05) is 13.1 Å². The second-order valence-corrected chi connectivity index (χ2v) is 5.62. The smallest absolute Gasteiger partial charge is 0.115 e. The number of aromatic nitrogens is 2. The normalized spacial score (nSPS) is 21.0. The highest BCUT2D eigenvalue weighted by molar-refractivity contribution is 7.07. The monoisotopic (exact) mass is 259 g/mol. The number of nitrogens with zero attached hydrogens (tertiary/aromatic N) is 3. The number of piperidine rings is 1. The highest BCUT2D eigenvalue weighted by Crippen LogP contribution is 2.26. The van der Waals surface area contributed by atoms with Crippen LogP contribution in [-0.4, -0.2) is 28.0 Å². The van der Waals surface area contributed by atoms with Gasteiger partial charge in [0.1, 0.15) is 6.33 Å². The zero-order chi connectivity index (χ0) is 12.2. The van der Waals surface area contributed by atoms with Crippen LogP contribution in [0.25, 0.3) is 0 Å². The van der Waals surface area contributed by atoms with E-state index in [-0.39, 0.29) is 0 Å².